The maximum Gasteiger partial charge on any atom is 0.266 e. The monoisotopic (exact) mass is 497 g/mol. The van der Waals surface area contributed by atoms with E-state index < -0.39 is 0 Å². The van der Waals surface area contributed by atoms with E-state index in [0.29, 0.717) is 34.5 Å². The van der Waals surface area contributed by atoms with E-state index in [2.05, 4.69) is 6.07 Å². The lowest BCUT2D eigenvalue weighted by Gasteiger charge is -2.14. The molecule has 0 saturated carbocycles. The van der Waals surface area contributed by atoms with Crippen LogP contribution in [0.5, 0.6) is 11.5 Å². The third-order valence-electron chi connectivity index (χ3n) is 5.43. The van der Waals surface area contributed by atoms with Crippen LogP contribution in [0.4, 0.5) is 5.69 Å². The molecule has 6 nitrogen and oxygen atoms in total. The molecule has 0 bridgehead atoms. The van der Waals surface area contributed by atoms with Gasteiger partial charge in [0.2, 0.25) is 0 Å². The Morgan fingerprint density at radius 2 is 1.75 bits per heavy atom. The number of rotatable bonds is 9. The summed E-state index contributed by atoms with van der Waals surface area (Å²) in [4.78, 5) is 20.3. The molecule has 7 heteroatoms. The summed E-state index contributed by atoms with van der Waals surface area (Å²) in [5.41, 5.74) is 2.95. The number of thioether (sulfide) groups is 1. The standard InChI is InChI=1S/C29H27N3O3S/c1-3-17-32-28(33)27(36-29(32)31-24-13-15-25(16-14-24)34-4-2)18-21-9-7-8-12-26(21)35-20-23-11-6-5-10-22(23)19-30/h5-16,18H,3-4,17,20H2,1-2H3/b27-18+,31-29?. The third-order valence-corrected chi connectivity index (χ3v) is 6.44. The van der Waals surface area contributed by atoms with Gasteiger partial charge in [-0.2, -0.15) is 5.26 Å². The molecule has 0 atom stereocenters. The Balaban J connectivity index is 1.58. The number of aliphatic imine (C=N–C) groups is 1. The van der Waals surface area contributed by atoms with Crippen LogP contribution in [-0.2, 0) is 11.4 Å². The fourth-order valence-electron chi connectivity index (χ4n) is 3.69. The smallest absolute Gasteiger partial charge is 0.266 e. The zero-order valence-corrected chi connectivity index (χ0v) is 21.1. The van der Waals surface area contributed by atoms with Crippen molar-refractivity contribution < 1.29 is 14.3 Å². The molecule has 1 amide bonds. The third kappa shape index (κ3) is 5.96. The minimum atomic E-state index is -0.0730. The van der Waals surface area contributed by atoms with Crippen molar-refractivity contribution in [1.82, 2.24) is 4.90 Å². The average Bonchev–Trinajstić information content (AvgIpc) is 3.18. The van der Waals surface area contributed by atoms with Crippen molar-refractivity contribution in [3.05, 3.63) is 94.4 Å². The second-order valence-electron chi connectivity index (χ2n) is 7.98. The molecule has 0 unspecified atom stereocenters. The van der Waals surface area contributed by atoms with Gasteiger partial charge >= 0.3 is 0 Å². The van der Waals surface area contributed by atoms with E-state index in [1.807, 2.05) is 86.7 Å². The van der Waals surface area contributed by atoms with E-state index in [9.17, 15) is 10.1 Å². The quantitative estimate of drug-likeness (QED) is 0.313. The van der Waals surface area contributed by atoms with Crippen molar-refractivity contribution in [1.29, 1.82) is 5.26 Å². The summed E-state index contributed by atoms with van der Waals surface area (Å²) >= 11 is 1.36. The largest absolute Gasteiger partial charge is 0.494 e. The highest BCUT2D eigenvalue weighted by Crippen LogP contribution is 2.36. The molecule has 1 fully saturated rings. The van der Waals surface area contributed by atoms with E-state index in [0.717, 1.165) is 29.0 Å². The maximum absolute atomic E-state index is 13.3. The predicted octanol–water partition coefficient (Wildman–Crippen LogP) is 6.55. The highest BCUT2D eigenvalue weighted by molar-refractivity contribution is 8.18. The topological polar surface area (TPSA) is 74.9 Å². The number of benzene rings is 3. The molecule has 0 aromatic heterocycles. The van der Waals surface area contributed by atoms with Crippen LogP contribution in [0.15, 0.2) is 82.7 Å². The predicted molar refractivity (Wildman–Crippen MR) is 144 cm³/mol. The molecule has 182 valence electrons. The lowest BCUT2D eigenvalue weighted by atomic mass is 10.1. The fourth-order valence-corrected chi connectivity index (χ4v) is 4.70. The summed E-state index contributed by atoms with van der Waals surface area (Å²) in [5, 5.41) is 10.00. The van der Waals surface area contributed by atoms with E-state index in [1.54, 1.807) is 11.0 Å². The molecular formula is C29H27N3O3S. The van der Waals surface area contributed by atoms with Gasteiger partial charge in [0.15, 0.2) is 5.17 Å². The molecule has 1 saturated heterocycles. The second kappa shape index (κ2) is 12.1. The van der Waals surface area contributed by atoms with Crippen LogP contribution in [0.2, 0.25) is 0 Å². The molecule has 36 heavy (non-hydrogen) atoms. The number of carbonyl (C=O) groups excluding carboxylic acids is 1. The first-order chi connectivity index (χ1) is 17.6. The van der Waals surface area contributed by atoms with Crippen LogP contribution in [0, 0.1) is 11.3 Å². The molecular weight excluding hydrogens is 470 g/mol. The lowest BCUT2D eigenvalue weighted by molar-refractivity contribution is -0.122. The molecule has 3 aromatic rings. The van der Waals surface area contributed by atoms with Crippen molar-refractivity contribution in [2.45, 2.75) is 26.9 Å². The van der Waals surface area contributed by atoms with Gasteiger partial charge in [-0.1, -0.05) is 43.3 Å². The van der Waals surface area contributed by atoms with Crippen LogP contribution in [0.3, 0.4) is 0 Å². The second-order valence-corrected chi connectivity index (χ2v) is 8.99. The number of carbonyl (C=O) groups is 1. The van der Waals surface area contributed by atoms with Crippen molar-refractivity contribution in [2.75, 3.05) is 13.2 Å². The molecule has 1 heterocycles. The fraction of sp³-hybridized carbons (Fsp3) is 0.207. The van der Waals surface area contributed by atoms with Gasteiger partial charge < -0.3 is 9.47 Å². The van der Waals surface area contributed by atoms with Gasteiger partial charge in [0.25, 0.3) is 5.91 Å². The number of amidine groups is 1. The molecule has 0 aliphatic carbocycles. The maximum atomic E-state index is 13.3. The van der Waals surface area contributed by atoms with Crippen molar-refractivity contribution in [3.63, 3.8) is 0 Å². The zero-order chi connectivity index (χ0) is 25.3. The number of hydrogen-bond donors (Lipinski definition) is 0. The molecule has 3 aromatic carbocycles. The first kappa shape index (κ1) is 25.1. The van der Waals surface area contributed by atoms with Crippen molar-refractivity contribution in [3.8, 4) is 17.6 Å². The van der Waals surface area contributed by atoms with Gasteiger partial charge in [-0.05, 0) is 67.6 Å². The lowest BCUT2D eigenvalue weighted by Crippen LogP contribution is -2.29. The zero-order valence-electron chi connectivity index (χ0n) is 20.3. The van der Waals surface area contributed by atoms with Crippen molar-refractivity contribution in [2.24, 2.45) is 4.99 Å². The summed E-state index contributed by atoms with van der Waals surface area (Å²) in [5.74, 6) is 1.36. The molecule has 0 spiro atoms. The number of ether oxygens (including phenoxy) is 2. The van der Waals surface area contributed by atoms with E-state index in [-0.39, 0.29) is 12.5 Å². The highest BCUT2D eigenvalue weighted by atomic mass is 32.2. The normalized spacial score (nSPS) is 15.4. The SMILES string of the molecule is CCCN1C(=O)/C(=C\c2ccccc2OCc2ccccc2C#N)SC1=Nc1ccc(OCC)cc1. The van der Waals surface area contributed by atoms with E-state index in [4.69, 9.17) is 14.5 Å². The molecule has 0 N–H and O–H groups in total. The van der Waals surface area contributed by atoms with Gasteiger partial charge in [-0.15, -0.1) is 0 Å². The van der Waals surface area contributed by atoms with Gasteiger partial charge in [0.05, 0.1) is 28.8 Å². The summed E-state index contributed by atoms with van der Waals surface area (Å²) in [6.07, 6.45) is 2.67. The molecule has 4 rings (SSSR count). The van der Waals surface area contributed by atoms with E-state index in [1.165, 1.54) is 11.8 Å². The van der Waals surface area contributed by atoms with Crippen LogP contribution >= 0.6 is 11.8 Å². The molecule has 1 aliphatic rings. The van der Waals surface area contributed by atoms with E-state index >= 15 is 0 Å². The average molecular weight is 498 g/mol. The number of amides is 1. The Labute approximate surface area is 215 Å². The van der Waals surface area contributed by atoms with Crippen LogP contribution in [0.1, 0.15) is 37.0 Å². The molecule has 0 radical (unpaired) electrons. The summed E-state index contributed by atoms with van der Waals surface area (Å²) < 4.78 is 11.6. The Morgan fingerprint density at radius 1 is 1.00 bits per heavy atom. The summed E-state index contributed by atoms with van der Waals surface area (Å²) in [7, 11) is 0. The number of nitriles is 1. The van der Waals surface area contributed by atoms with Crippen molar-refractivity contribution >= 4 is 34.6 Å². The Morgan fingerprint density at radius 3 is 2.50 bits per heavy atom. The molecule has 1 aliphatic heterocycles. The van der Waals surface area contributed by atoms with Gasteiger partial charge in [0, 0.05) is 17.7 Å². The summed E-state index contributed by atoms with van der Waals surface area (Å²) in [6.45, 7) is 5.43. The van der Waals surface area contributed by atoms with Gasteiger partial charge in [0.1, 0.15) is 18.1 Å². The van der Waals surface area contributed by atoms with Gasteiger partial charge in [-0.25, -0.2) is 4.99 Å². The number of para-hydroxylation sites is 1. The van der Waals surface area contributed by atoms with Crippen LogP contribution in [-0.4, -0.2) is 29.1 Å². The first-order valence-corrected chi connectivity index (χ1v) is 12.7. The Bertz CT molecular complexity index is 1330. The Hall–Kier alpha value is -4.02. The van der Waals surface area contributed by atoms with Gasteiger partial charge in [-0.3, -0.25) is 9.69 Å². The van der Waals surface area contributed by atoms with Crippen LogP contribution < -0.4 is 9.47 Å². The highest BCUT2D eigenvalue weighted by Gasteiger charge is 2.33. The number of nitrogens with zero attached hydrogens (tertiary/aromatic N) is 3. The van der Waals surface area contributed by atoms with Crippen LogP contribution in [0.25, 0.3) is 6.08 Å². The number of hydrogen-bond acceptors (Lipinski definition) is 6. The summed E-state index contributed by atoms with van der Waals surface area (Å²) in [6, 6.07) is 24.7. The minimum Gasteiger partial charge on any atom is -0.494 e. The minimum absolute atomic E-state index is 0.0730. The first-order valence-electron chi connectivity index (χ1n) is 11.9. The Kier molecular flexibility index (Phi) is 8.43.